The minimum absolute atomic E-state index is 0.146. The third-order valence-electron chi connectivity index (χ3n) is 6.60. The number of esters is 1. The molecule has 4 heterocycles. The zero-order valence-corrected chi connectivity index (χ0v) is 17.9. The first-order valence-electron chi connectivity index (χ1n) is 10.7. The van der Waals surface area contributed by atoms with E-state index in [2.05, 4.69) is 4.98 Å². The summed E-state index contributed by atoms with van der Waals surface area (Å²) in [5.41, 5.74) is 3.64. The van der Waals surface area contributed by atoms with Gasteiger partial charge >= 0.3 is 5.97 Å². The van der Waals surface area contributed by atoms with Crippen molar-refractivity contribution in [3.63, 3.8) is 0 Å². The van der Waals surface area contributed by atoms with Gasteiger partial charge < -0.3 is 29.0 Å². The molecule has 1 N–H and O–H groups in total. The van der Waals surface area contributed by atoms with Crippen LogP contribution in [-0.4, -0.2) is 65.6 Å². The normalized spacial score (nSPS) is 21.2. The van der Waals surface area contributed by atoms with Crippen LogP contribution in [0.15, 0.2) is 42.5 Å². The first-order valence-corrected chi connectivity index (χ1v) is 10.7. The molecule has 0 radical (unpaired) electrons. The van der Waals surface area contributed by atoms with Crippen molar-refractivity contribution in [3.8, 4) is 11.5 Å². The van der Waals surface area contributed by atoms with E-state index in [-0.39, 0.29) is 31.7 Å². The van der Waals surface area contributed by atoms with Crippen LogP contribution < -0.4 is 9.47 Å². The molecule has 9 heteroatoms. The van der Waals surface area contributed by atoms with Crippen molar-refractivity contribution in [1.29, 1.82) is 0 Å². The van der Waals surface area contributed by atoms with Crippen molar-refractivity contribution < 1.29 is 28.6 Å². The Hall–Kier alpha value is -4.01. The lowest BCUT2D eigenvalue weighted by atomic mass is 9.86. The fraction of sp³-hybridized carbons (Fsp3) is 0.292. The van der Waals surface area contributed by atoms with E-state index in [1.165, 1.54) is 12.0 Å². The number of rotatable bonds is 3. The Balaban J connectivity index is 1.50. The second-order valence-electron chi connectivity index (χ2n) is 8.37. The maximum atomic E-state index is 13.5. The molecule has 0 saturated carbocycles. The highest BCUT2D eigenvalue weighted by atomic mass is 16.7. The lowest BCUT2D eigenvalue weighted by Gasteiger charge is -2.46. The van der Waals surface area contributed by atoms with Crippen molar-refractivity contribution >= 4 is 28.7 Å². The summed E-state index contributed by atoms with van der Waals surface area (Å²) in [7, 11) is 1.26. The van der Waals surface area contributed by atoms with Crippen molar-refractivity contribution in [2.45, 2.75) is 18.5 Å². The first-order chi connectivity index (χ1) is 16.0. The van der Waals surface area contributed by atoms with Gasteiger partial charge in [0.2, 0.25) is 18.6 Å². The Morgan fingerprint density at radius 3 is 2.82 bits per heavy atom. The Bertz CT molecular complexity index is 1310. The number of carbonyl (C=O) groups is 3. The quantitative estimate of drug-likeness (QED) is 0.614. The number of nitrogens with zero attached hydrogens (tertiary/aromatic N) is 2. The summed E-state index contributed by atoms with van der Waals surface area (Å²) in [6, 6.07) is 12.3. The summed E-state index contributed by atoms with van der Waals surface area (Å²) in [5.74, 6) is 0.210. The average Bonchev–Trinajstić information content (AvgIpc) is 3.44. The highest BCUT2D eigenvalue weighted by Crippen LogP contribution is 2.44. The molecule has 1 aromatic heterocycles. The molecule has 168 valence electrons. The van der Waals surface area contributed by atoms with Crippen LogP contribution >= 0.6 is 0 Å². The number of hydrogen-bond donors (Lipinski definition) is 1. The maximum absolute atomic E-state index is 13.5. The minimum atomic E-state index is -0.724. The third-order valence-corrected chi connectivity index (χ3v) is 6.60. The van der Waals surface area contributed by atoms with Crippen LogP contribution in [0.3, 0.4) is 0 Å². The van der Waals surface area contributed by atoms with E-state index < -0.39 is 18.1 Å². The van der Waals surface area contributed by atoms with Gasteiger partial charge in [0.25, 0.3) is 0 Å². The third kappa shape index (κ3) is 2.95. The molecule has 6 rings (SSSR count). The lowest BCUT2D eigenvalue weighted by molar-refractivity contribution is -0.162. The first kappa shape index (κ1) is 19.7. The van der Waals surface area contributed by atoms with E-state index in [0.29, 0.717) is 17.9 Å². The fourth-order valence-corrected chi connectivity index (χ4v) is 5.11. The van der Waals surface area contributed by atoms with Crippen molar-refractivity contribution in [2.24, 2.45) is 0 Å². The molecule has 2 aromatic carbocycles. The van der Waals surface area contributed by atoms with Crippen LogP contribution in [0.1, 0.15) is 22.9 Å². The van der Waals surface area contributed by atoms with E-state index in [9.17, 15) is 14.4 Å². The Labute approximate surface area is 188 Å². The lowest BCUT2D eigenvalue weighted by Crippen LogP contribution is -2.63. The topological polar surface area (TPSA) is 101 Å². The molecule has 9 nitrogen and oxygen atoms in total. The Morgan fingerprint density at radius 2 is 1.97 bits per heavy atom. The number of hydrogen-bond acceptors (Lipinski definition) is 6. The summed E-state index contributed by atoms with van der Waals surface area (Å²) in [6.07, 6.45) is 0.364. The number of ether oxygens (including phenoxy) is 3. The number of para-hydroxylation sites is 1. The Kier molecular flexibility index (Phi) is 4.33. The number of aromatic nitrogens is 1. The van der Waals surface area contributed by atoms with Crippen molar-refractivity contribution in [1.82, 2.24) is 14.8 Å². The molecule has 3 aliphatic heterocycles. The molecule has 33 heavy (non-hydrogen) atoms. The predicted octanol–water partition coefficient (Wildman–Crippen LogP) is 1.75. The van der Waals surface area contributed by atoms with Gasteiger partial charge in [0, 0.05) is 23.0 Å². The molecular formula is C24H21N3O6. The zero-order valence-electron chi connectivity index (χ0n) is 17.9. The maximum Gasteiger partial charge on any atom is 0.325 e. The number of methoxy groups -OCH3 is 1. The van der Waals surface area contributed by atoms with Crippen LogP contribution in [0, 0.1) is 0 Å². The van der Waals surface area contributed by atoms with Gasteiger partial charge in [-0.05, 0) is 29.3 Å². The zero-order chi connectivity index (χ0) is 22.7. The summed E-state index contributed by atoms with van der Waals surface area (Å²) >= 11 is 0. The molecule has 2 atom stereocenters. The van der Waals surface area contributed by atoms with Gasteiger partial charge in [0.1, 0.15) is 19.1 Å². The second kappa shape index (κ2) is 7.26. The standard InChI is InChI=1S/C24H21N3O6/c1-31-21(29)11-26-10-20(28)27-17(24(26)30)9-15-14-4-2-3-5-16(14)25-22(15)23(27)13-6-7-18-19(8-13)33-12-32-18/h2-8,17,23,25H,9-12H2,1H3/t17-,23-/m1/s1. The predicted molar refractivity (Wildman–Crippen MR) is 116 cm³/mol. The van der Waals surface area contributed by atoms with Gasteiger partial charge in [-0.2, -0.15) is 0 Å². The van der Waals surface area contributed by atoms with Crippen LogP contribution in [0.4, 0.5) is 0 Å². The van der Waals surface area contributed by atoms with Gasteiger partial charge in [-0.25, -0.2) is 0 Å². The monoisotopic (exact) mass is 447 g/mol. The van der Waals surface area contributed by atoms with Gasteiger partial charge in [-0.1, -0.05) is 24.3 Å². The van der Waals surface area contributed by atoms with Gasteiger partial charge in [0.15, 0.2) is 11.5 Å². The molecule has 1 fully saturated rings. The molecular weight excluding hydrogens is 426 g/mol. The number of benzene rings is 2. The van der Waals surface area contributed by atoms with E-state index >= 15 is 0 Å². The van der Waals surface area contributed by atoms with Crippen LogP contribution in [-0.2, 0) is 25.5 Å². The number of nitrogens with one attached hydrogen (secondary N) is 1. The minimum Gasteiger partial charge on any atom is -0.468 e. The smallest absolute Gasteiger partial charge is 0.325 e. The van der Waals surface area contributed by atoms with Gasteiger partial charge in [0.05, 0.1) is 13.2 Å². The van der Waals surface area contributed by atoms with Gasteiger partial charge in [-0.3, -0.25) is 14.4 Å². The largest absolute Gasteiger partial charge is 0.468 e. The molecule has 0 unspecified atom stereocenters. The molecule has 1 saturated heterocycles. The van der Waals surface area contributed by atoms with Crippen LogP contribution in [0.2, 0.25) is 0 Å². The number of H-pyrrole nitrogens is 1. The summed E-state index contributed by atoms with van der Waals surface area (Å²) in [6.45, 7) is -0.283. The molecule has 0 bridgehead atoms. The molecule has 3 aliphatic rings. The Morgan fingerprint density at radius 1 is 1.15 bits per heavy atom. The van der Waals surface area contributed by atoms with Crippen LogP contribution in [0.25, 0.3) is 10.9 Å². The van der Waals surface area contributed by atoms with E-state index in [1.807, 2.05) is 42.5 Å². The van der Waals surface area contributed by atoms with E-state index in [0.717, 1.165) is 27.7 Å². The summed E-state index contributed by atoms with van der Waals surface area (Å²) < 4.78 is 15.7. The van der Waals surface area contributed by atoms with E-state index in [4.69, 9.17) is 14.2 Å². The highest BCUT2D eigenvalue weighted by Gasteiger charge is 2.48. The molecule has 0 aliphatic carbocycles. The molecule has 0 spiro atoms. The van der Waals surface area contributed by atoms with E-state index in [1.54, 1.807) is 4.90 Å². The summed E-state index contributed by atoms with van der Waals surface area (Å²) in [5, 5.41) is 1.02. The number of fused-ring (bicyclic) bond motifs is 5. The van der Waals surface area contributed by atoms with Gasteiger partial charge in [-0.15, -0.1) is 0 Å². The second-order valence-corrected chi connectivity index (χ2v) is 8.37. The molecule has 3 aromatic rings. The SMILES string of the molecule is COC(=O)CN1CC(=O)N2[C@H](c3ccc4c(c3)OCO4)c3[nH]c4ccccc4c3C[C@@H]2C1=O. The number of piperazine rings is 1. The average molecular weight is 447 g/mol. The highest BCUT2D eigenvalue weighted by molar-refractivity contribution is 5.99. The summed E-state index contributed by atoms with van der Waals surface area (Å²) in [4.78, 5) is 45.1. The number of aromatic amines is 1. The number of carbonyl (C=O) groups excluding carboxylic acids is 3. The fourth-order valence-electron chi connectivity index (χ4n) is 5.11. The molecule has 2 amide bonds. The van der Waals surface area contributed by atoms with Crippen molar-refractivity contribution in [3.05, 3.63) is 59.3 Å². The number of amides is 2. The van der Waals surface area contributed by atoms with Crippen molar-refractivity contribution in [2.75, 3.05) is 27.0 Å². The van der Waals surface area contributed by atoms with Crippen LogP contribution in [0.5, 0.6) is 11.5 Å².